The lowest BCUT2D eigenvalue weighted by atomic mass is 10.1. The van der Waals surface area contributed by atoms with Crippen molar-refractivity contribution in [2.24, 2.45) is 0 Å². The zero-order chi connectivity index (χ0) is 14.1. The monoisotopic (exact) mass is 270 g/mol. The number of carbonyl (C=O) groups excluding carboxylic acids is 1. The molecule has 1 saturated carbocycles. The van der Waals surface area contributed by atoms with E-state index in [1.165, 1.54) is 38.5 Å². The van der Waals surface area contributed by atoms with Crippen LogP contribution >= 0.6 is 0 Å². The highest BCUT2D eigenvalue weighted by atomic mass is 16.6. The summed E-state index contributed by atoms with van der Waals surface area (Å²) in [6, 6.07) is 0.684. The van der Waals surface area contributed by atoms with Crippen LogP contribution in [0.3, 0.4) is 0 Å². The number of nitrogens with one attached hydrogen (secondary N) is 2. The van der Waals surface area contributed by atoms with Crippen LogP contribution in [0.25, 0.3) is 0 Å². The zero-order valence-electron chi connectivity index (χ0n) is 12.8. The average molecular weight is 270 g/mol. The summed E-state index contributed by atoms with van der Waals surface area (Å²) in [7, 11) is 0. The van der Waals surface area contributed by atoms with Gasteiger partial charge >= 0.3 is 6.09 Å². The molecule has 0 unspecified atom stereocenters. The molecule has 0 aromatic heterocycles. The number of ether oxygens (including phenoxy) is 1. The second kappa shape index (κ2) is 8.41. The molecule has 0 aromatic rings. The molecule has 0 radical (unpaired) electrons. The smallest absolute Gasteiger partial charge is 0.407 e. The molecule has 1 amide bonds. The topological polar surface area (TPSA) is 50.4 Å². The summed E-state index contributed by atoms with van der Waals surface area (Å²) < 4.78 is 5.18. The number of hydrogen-bond acceptors (Lipinski definition) is 3. The van der Waals surface area contributed by atoms with E-state index < -0.39 is 5.60 Å². The standard InChI is InChI=1S/C15H30N2O2/c1-15(2,3)19-14(18)17-12-8-11-16-13-9-6-4-5-7-10-13/h13,16H,4-12H2,1-3H3,(H,17,18). The summed E-state index contributed by atoms with van der Waals surface area (Å²) in [5, 5.41) is 6.38. The lowest BCUT2D eigenvalue weighted by molar-refractivity contribution is 0.0527. The first-order valence-electron chi connectivity index (χ1n) is 7.67. The molecule has 0 spiro atoms. The van der Waals surface area contributed by atoms with Crippen LogP contribution in [-0.2, 0) is 4.74 Å². The van der Waals surface area contributed by atoms with Crippen LogP contribution in [-0.4, -0.2) is 30.8 Å². The Labute approximate surface area is 117 Å². The van der Waals surface area contributed by atoms with Crippen LogP contribution in [0.2, 0.25) is 0 Å². The number of rotatable bonds is 5. The predicted molar refractivity (Wildman–Crippen MR) is 78.3 cm³/mol. The second-order valence-electron chi connectivity index (χ2n) is 6.42. The summed E-state index contributed by atoms with van der Waals surface area (Å²) >= 11 is 0. The predicted octanol–water partition coefficient (Wildman–Crippen LogP) is 3.21. The van der Waals surface area contributed by atoms with Gasteiger partial charge in [0.2, 0.25) is 0 Å². The largest absolute Gasteiger partial charge is 0.444 e. The molecule has 0 saturated heterocycles. The minimum atomic E-state index is -0.414. The maximum absolute atomic E-state index is 11.4. The molecule has 4 nitrogen and oxygen atoms in total. The Morgan fingerprint density at radius 1 is 1.11 bits per heavy atom. The molecule has 0 atom stereocenters. The van der Waals surface area contributed by atoms with E-state index in [-0.39, 0.29) is 6.09 Å². The summed E-state index contributed by atoms with van der Waals surface area (Å²) in [6.45, 7) is 7.27. The van der Waals surface area contributed by atoms with Gasteiger partial charge in [-0.05, 0) is 46.6 Å². The van der Waals surface area contributed by atoms with E-state index in [0.29, 0.717) is 12.6 Å². The van der Waals surface area contributed by atoms with Gasteiger partial charge in [0.15, 0.2) is 0 Å². The van der Waals surface area contributed by atoms with E-state index in [2.05, 4.69) is 10.6 Å². The van der Waals surface area contributed by atoms with E-state index in [1.807, 2.05) is 20.8 Å². The fourth-order valence-corrected chi connectivity index (χ4v) is 2.38. The van der Waals surface area contributed by atoms with Crippen molar-refractivity contribution in [3.63, 3.8) is 0 Å². The number of alkyl carbamates (subject to hydrolysis) is 1. The van der Waals surface area contributed by atoms with Gasteiger partial charge in [0.25, 0.3) is 0 Å². The Bertz CT molecular complexity index is 253. The average Bonchev–Trinajstić information content (AvgIpc) is 2.54. The molecule has 1 fully saturated rings. The zero-order valence-corrected chi connectivity index (χ0v) is 12.8. The van der Waals surface area contributed by atoms with Crippen molar-refractivity contribution in [1.82, 2.24) is 10.6 Å². The Morgan fingerprint density at radius 2 is 1.74 bits per heavy atom. The molecule has 4 heteroatoms. The van der Waals surface area contributed by atoms with Crippen LogP contribution in [0.1, 0.15) is 65.7 Å². The van der Waals surface area contributed by atoms with Crippen molar-refractivity contribution < 1.29 is 9.53 Å². The van der Waals surface area contributed by atoms with Gasteiger partial charge in [-0.3, -0.25) is 0 Å². The molecule has 2 N–H and O–H groups in total. The van der Waals surface area contributed by atoms with Gasteiger partial charge in [0, 0.05) is 12.6 Å². The van der Waals surface area contributed by atoms with Crippen molar-refractivity contribution in [3.05, 3.63) is 0 Å². The third-order valence-corrected chi connectivity index (χ3v) is 3.31. The van der Waals surface area contributed by atoms with Crippen LogP contribution in [0, 0.1) is 0 Å². The lowest BCUT2D eigenvalue weighted by Crippen LogP contribution is -2.35. The number of hydrogen-bond donors (Lipinski definition) is 2. The van der Waals surface area contributed by atoms with Gasteiger partial charge in [-0.1, -0.05) is 25.7 Å². The molecule has 0 aromatic carbocycles. The van der Waals surface area contributed by atoms with E-state index in [9.17, 15) is 4.79 Å². The van der Waals surface area contributed by atoms with Gasteiger partial charge in [0.1, 0.15) is 5.60 Å². The highest BCUT2D eigenvalue weighted by Gasteiger charge is 2.15. The first kappa shape index (κ1) is 16.3. The third kappa shape index (κ3) is 8.87. The SMILES string of the molecule is CC(C)(C)OC(=O)NCCCNC1CCCCCC1. The molecular formula is C15H30N2O2. The Morgan fingerprint density at radius 3 is 2.32 bits per heavy atom. The van der Waals surface area contributed by atoms with Crippen molar-refractivity contribution in [3.8, 4) is 0 Å². The van der Waals surface area contributed by atoms with Crippen molar-refractivity contribution in [1.29, 1.82) is 0 Å². The molecule has 0 bridgehead atoms. The lowest BCUT2D eigenvalue weighted by Gasteiger charge is -2.20. The Kier molecular flexibility index (Phi) is 7.21. The molecule has 0 heterocycles. The molecule has 0 aliphatic heterocycles. The van der Waals surface area contributed by atoms with Gasteiger partial charge in [-0.25, -0.2) is 4.79 Å². The quantitative estimate of drug-likeness (QED) is 0.596. The fourth-order valence-electron chi connectivity index (χ4n) is 2.38. The molecule has 1 aliphatic rings. The maximum Gasteiger partial charge on any atom is 0.407 e. The summed E-state index contributed by atoms with van der Waals surface area (Å²) in [5.41, 5.74) is -0.414. The van der Waals surface area contributed by atoms with E-state index in [4.69, 9.17) is 4.74 Å². The molecule has 112 valence electrons. The summed E-state index contributed by atoms with van der Waals surface area (Å²) in [4.78, 5) is 11.4. The normalized spacial score (nSPS) is 17.8. The molecule has 1 rings (SSSR count). The Balaban J connectivity index is 2.00. The van der Waals surface area contributed by atoms with Gasteiger partial charge < -0.3 is 15.4 Å². The minimum Gasteiger partial charge on any atom is -0.444 e. The molecule has 19 heavy (non-hydrogen) atoms. The maximum atomic E-state index is 11.4. The van der Waals surface area contributed by atoms with Crippen LogP contribution in [0.15, 0.2) is 0 Å². The minimum absolute atomic E-state index is 0.318. The molecular weight excluding hydrogens is 240 g/mol. The summed E-state index contributed by atoms with van der Waals surface area (Å²) in [5.74, 6) is 0. The van der Waals surface area contributed by atoms with E-state index in [0.717, 1.165) is 13.0 Å². The fraction of sp³-hybridized carbons (Fsp3) is 0.933. The van der Waals surface area contributed by atoms with Crippen molar-refractivity contribution in [2.45, 2.75) is 77.4 Å². The van der Waals surface area contributed by atoms with Crippen LogP contribution in [0.5, 0.6) is 0 Å². The van der Waals surface area contributed by atoms with Crippen molar-refractivity contribution >= 4 is 6.09 Å². The Hall–Kier alpha value is -0.770. The third-order valence-electron chi connectivity index (χ3n) is 3.31. The van der Waals surface area contributed by atoms with Crippen LogP contribution < -0.4 is 10.6 Å². The second-order valence-corrected chi connectivity index (χ2v) is 6.42. The highest BCUT2D eigenvalue weighted by Crippen LogP contribution is 2.16. The number of carbonyl (C=O) groups is 1. The van der Waals surface area contributed by atoms with Gasteiger partial charge in [-0.2, -0.15) is 0 Å². The first-order chi connectivity index (χ1) is 8.97. The van der Waals surface area contributed by atoms with Gasteiger partial charge in [0.05, 0.1) is 0 Å². The van der Waals surface area contributed by atoms with Crippen molar-refractivity contribution in [2.75, 3.05) is 13.1 Å². The number of amides is 1. The van der Waals surface area contributed by atoms with Crippen LogP contribution in [0.4, 0.5) is 4.79 Å². The highest BCUT2D eigenvalue weighted by molar-refractivity contribution is 5.67. The molecule has 1 aliphatic carbocycles. The van der Waals surface area contributed by atoms with E-state index >= 15 is 0 Å². The first-order valence-corrected chi connectivity index (χ1v) is 7.67. The summed E-state index contributed by atoms with van der Waals surface area (Å²) in [6.07, 6.45) is 8.73. The van der Waals surface area contributed by atoms with Gasteiger partial charge in [-0.15, -0.1) is 0 Å². The van der Waals surface area contributed by atoms with E-state index in [1.54, 1.807) is 0 Å².